The van der Waals surface area contributed by atoms with E-state index in [1.165, 1.54) is 30.6 Å². The number of halogens is 1. The number of ether oxygens (including phenoxy) is 1. The highest BCUT2D eigenvalue weighted by Gasteiger charge is 2.28. The van der Waals surface area contributed by atoms with Crippen molar-refractivity contribution in [1.82, 2.24) is 20.3 Å². The van der Waals surface area contributed by atoms with E-state index >= 15 is 0 Å². The first-order chi connectivity index (χ1) is 15.0. The summed E-state index contributed by atoms with van der Waals surface area (Å²) in [6.07, 6.45) is 4.35. The molecule has 0 aliphatic carbocycles. The maximum atomic E-state index is 13.5. The van der Waals surface area contributed by atoms with Crippen LogP contribution in [-0.4, -0.2) is 64.1 Å². The number of amides is 1. The lowest BCUT2D eigenvalue weighted by atomic mass is 10.0. The van der Waals surface area contributed by atoms with Crippen LogP contribution >= 0.6 is 0 Å². The average molecular weight is 426 g/mol. The van der Waals surface area contributed by atoms with Gasteiger partial charge in [0.2, 0.25) is 0 Å². The van der Waals surface area contributed by atoms with Crippen molar-refractivity contribution >= 4 is 28.5 Å². The van der Waals surface area contributed by atoms with Gasteiger partial charge in [0, 0.05) is 31.1 Å². The van der Waals surface area contributed by atoms with Crippen LogP contribution in [0, 0.1) is 11.2 Å². The molecule has 0 saturated carbocycles. The summed E-state index contributed by atoms with van der Waals surface area (Å²) >= 11 is 0. The minimum atomic E-state index is -0.521. The van der Waals surface area contributed by atoms with Crippen molar-refractivity contribution in [3.8, 4) is 0 Å². The molecular weight excluding hydrogens is 403 g/mol. The van der Waals surface area contributed by atoms with Crippen molar-refractivity contribution in [2.24, 2.45) is 0 Å². The van der Waals surface area contributed by atoms with Gasteiger partial charge in [-0.05, 0) is 31.0 Å². The molecular formula is C21H23FN6O3. The lowest BCUT2D eigenvalue weighted by molar-refractivity contribution is 0.0503. The molecule has 9 nitrogen and oxygen atoms in total. The fraction of sp³-hybridized carbons (Fsp3) is 0.333. The second kappa shape index (κ2) is 8.78. The zero-order valence-corrected chi connectivity index (χ0v) is 16.9. The van der Waals surface area contributed by atoms with Gasteiger partial charge in [-0.2, -0.15) is 0 Å². The second-order valence-electron chi connectivity index (χ2n) is 7.28. The highest BCUT2D eigenvalue weighted by Crippen LogP contribution is 2.22. The third kappa shape index (κ3) is 4.12. The number of aromatic amines is 1. The number of nitrogens with zero attached hydrogens (tertiary/aromatic N) is 2. The van der Waals surface area contributed by atoms with Gasteiger partial charge in [0.1, 0.15) is 17.0 Å². The van der Waals surface area contributed by atoms with E-state index < -0.39 is 17.8 Å². The highest BCUT2D eigenvalue weighted by atomic mass is 19.1. The number of rotatable bonds is 7. The first-order valence-corrected chi connectivity index (χ1v) is 9.96. The van der Waals surface area contributed by atoms with E-state index in [4.69, 9.17) is 10.1 Å². The lowest BCUT2D eigenvalue weighted by Crippen LogP contribution is -2.45. The number of aliphatic hydroxyl groups is 1. The highest BCUT2D eigenvalue weighted by molar-refractivity contribution is 6.14. The Labute approximate surface area is 177 Å². The Hall–Kier alpha value is -3.37. The van der Waals surface area contributed by atoms with Gasteiger partial charge in [-0.15, -0.1) is 0 Å². The number of hydrogen-bond donors (Lipinski definition) is 5. The van der Waals surface area contributed by atoms with Crippen molar-refractivity contribution in [2.75, 3.05) is 25.6 Å². The van der Waals surface area contributed by atoms with Crippen LogP contribution in [-0.2, 0) is 4.74 Å². The van der Waals surface area contributed by atoms with Crippen molar-refractivity contribution in [3.63, 3.8) is 0 Å². The Morgan fingerprint density at radius 3 is 3.00 bits per heavy atom. The van der Waals surface area contributed by atoms with Crippen LogP contribution in [0.4, 0.5) is 10.1 Å². The summed E-state index contributed by atoms with van der Waals surface area (Å²) in [5.41, 5.74) is 2.13. The van der Waals surface area contributed by atoms with Gasteiger partial charge in [-0.3, -0.25) is 10.2 Å². The first kappa shape index (κ1) is 20.9. The molecule has 0 spiro atoms. The number of carbonyl (C=O) groups is 1. The maximum Gasteiger partial charge on any atom is 0.255 e. The van der Waals surface area contributed by atoms with E-state index in [0.29, 0.717) is 29.0 Å². The van der Waals surface area contributed by atoms with Gasteiger partial charge < -0.3 is 25.5 Å². The van der Waals surface area contributed by atoms with Gasteiger partial charge in [-0.25, -0.2) is 14.4 Å². The molecule has 0 bridgehead atoms. The molecule has 5 N–H and O–H groups in total. The molecule has 1 saturated heterocycles. The average Bonchev–Trinajstić information content (AvgIpc) is 3.46. The zero-order chi connectivity index (χ0) is 22.0. The van der Waals surface area contributed by atoms with Crippen LogP contribution in [0.5, 0.6) is 0 Å². The number of benzene rings is 1. The molecule has 1 aliphatic heterocycles. The van der Waals surface area contributed by atoms with Crippen molar-refractivity contribution in [2.45, 2.75) is 25.0 Å². The van der Waals surface area contributed by atoms with Gasteiger partial charge >= 0.3 is 0 Å². The zero-order valence-electron chi connectivity index (χ0n) is 16.9. The SMILES string of the molecule is CNc1cc(F)ccc1C(=N)c1cnc2[nH]cc(C(=O)NC(CO)C3CCCO3)c2n1. The Kier molecular flexibility index (Phi) is 5.92. The van der Waals surface area contributed by atoms with Gasteiger partial charge in [0.15, 0.2) is 5.65 Å². The van der Waals surface area contributed by atoms with E-state index in [0.717, 1.165) is 12.8 Å². The van der Waals surface area contributed by atoms with Crippen LogP contribution < -0.4 is 10.6 Å². The minimum Gasteiger partial charge on any atom is -0.394 e. The van der Waals surface area contributed by atoms with Gasteiger partial charge in [-0.1, -0.05) is 0 Å². The summed E-state index contributed by atoms with van der Waals surface area (Å²) in [6, 6.07) is 3.54. The summed E-state index contributed by atoms with van der Waals surface area (Å²) in [4.78, 5) is 24.5. The smallest absolute Gasteiger partial charge is 0.255 e. The Bertz CT molecular complexity index is 1130. The number of aliphatic hydroxyl groups excluding tert-OH is 1. The van der Waals surface area contributed by atoms with Crippen LogP contribution in [0.15, 0.2) is 30.6 Å². The molecule has 1 aromatic carbocycles. The van der Waals surface area contributed by atoms with Crippen LogP contribution in [0.3, 0.4) is 0 Å². The number of H-pyrrole nitrogens is 1. The standard InChI is InChI=1S/C21H23FN6O3/c1-24-14-7-11(22)4-5-12(14)18(23)15-9-26-20-19(27-15)13(8-25-20)21(30)28-16(10-29)17-3-2-6-31-17/h4-5,7-9,16-17,23-24,29H,2-3,6,10H2,1H3,(H,25,26)(H,28,30). The van der Waals surface area contributed by atoms with E-state index in [9.17, 15) is 14.3 Å². The number of fused-ring (bicyclic) bond motifs is 1. The van der Waals surface area contributed by atoms with Crippen LogP contribution in [0.1, 0.15) is 34.5 Å². The Morgan fingerprint density at radius 2 is 2.29 bits per heavy atom. The molecule has 3 heterocycles. The Balaban J connectivity index is 1.63. The first-order valence-electron chi connectivity index (χ1n) is 9.96. The molecule has 3 aromatic rings. The quantitative estimate of drug-likeness (QED) is 0.366. The Morgan fingerprint density at radius 1 is 1.45 bits per heavy atom. The molecule has 2 unspecified atom stereocenters. The summed E-state index contributed by atoms with van der Waals surface area (Å²) in [5, 5.41) is 23.9. The molecule has 0 radical (unpaired) electrons. The van der Waals surface area contributed by atoms with Gasteiger partial charge in [0.05, 0.1) is 36.2 Å². The third-order valence-electron chi connectivity index (χ3n) is 5.33. The van der Waals surface area contributed by atoms with Crippen molar-refractivity contribution in [1.29, 1.82) is 5.41 Å². The van der Waals surface area contributed by atoms with Gasteiger partial charge in [0.25, 0.3) is 5.91 Å². The molecule has 10 heteroatoms. The second-order valence-corrected chi connectivity index (χ2v) is 7.28. The maximum absolute atomic E-state index is 13.5. The molecule has 4 rings (SSSR count). The number of hydrogen-bond acceptors (Lipinski definition) is 7. The number of anilines is 1. The molecule has 2 aromatic heterocycles. The molecule has 31 heavy (non-hydrogen) atoms. The summed E-state index contributed by atoms with van der Waals surface area (Å²) in [5.74, 6) is -0.840. The fourth-order valence-electron chi connectivity index (χ4n) is 3.69. The molecule has 1 amide bonds. The normalized spacial score (nSPS) is 16.9. The summed E-state index contributed by atoms with van der Waals surface area (Å²) in [6.45, 7) is 0.372. The molecule has 162 valence electrons. The number of carbonyl (C=O) groups excluding carboxylic acids is 1. The van der Waals surface area contributed by atoms with E-state index in [1.54, 1.807) is 7.05 Å². The molecule has 2 atom stereocenters. The van der Waals surface area contributed by atoms with E-state index in [-0.39, 0.29) is 29.7 Å². The monoisotopic (exact) mass is 426 g/mol. The topological polar surface area (TPSA) is 136 Å². The molecule has 1 aliphatic rings. The number of nitrogens with one attached hydrogen (secondary N) is 4. The van der Waals surface area contributed by atoms with Crippen LogP contribution in [0.2, 0.25) is 0 Å². The van der Waals surface area contributed by atoms with E-state index in [1.807, 2.05) is 0 Å². The third-order valence-corrected chi connectivity index (χ3v) is 5.33. The largest absolute Gasteiger partial charge is 0.394 e. The fourth-order valence-corrected chi connectivity index (χ4v) is 3.69. The summed E-state index contributed by atoms with van der Waals surface area (Å²) < 4.78 is 19.1. The van der Waals surface area contributed by atoms with Crippen LogP contribution in [0.25, 0.3) is 11.2 Å². The number of aromatic nitrogens is 3. The lowest BCUT2D eigenvalue weighted by Gasteiger charge is -2.21. The molecule has 1 fully saturated rings. The van der Waals surface area contributed by atoms with E-state index in [2.05, 4.69) is 25.6 Å². The predicted octanol–water partition coefficient (Wildman–Crippen LogP) is 1.82. The van der Waals surface area contributed by atoms with Crippen molar-refractivity contribution < 1.29 is 19.0 Å². The minimum absolute atomic E-state index is 0.0406. The summed E-state index contributed by atoms with van der Waals surface area (Å²) in [7, 11) is 1.64. The predicted molar refractivity (Wildman–Crippen MR) is 113 cm³/mol. The van der Waals surface area contributed by atoms with Crippen molar-refractivity contribution in [3.05, 3.63) is 53.2 Å².